The van der Waals surface area contributed by atoms with Crippen LogP contribution >= 0.6 is 23.2 Å². The van der Waals surface area contributed by atoms with E-state index in [1.54, 1.807) is 42.5 Å². The molecule has 0 aromatic heterocycles. The summed E-state index contributed by atoms with van der Waals surface area (Å²) in [4.78, 5) is 11.3. The van der Waals surface area contributed by atoms with Crippen molar-refractivity contribution in [2.75, 3.05) is 11.1 Å². The maximum absolute atomic E-state index is 11.3. The Hall–Kier alpha value is -1.71. The molecule has 0 unspecified atom stereocenters. The Morgan fingerprint density at radius 3 is 2.50 bits per heavy atom. The molecule has 18 heavy (non-hydrogen) atoms. The van der Waals surface area contributed by atoms with Crippen LogP contribution in [0.15, 0.2) is 42.5 Å². The summed E-state index contributed by atoms with van der Waals surface area (Å²) in [6.45, 7) is 0. The molecule has 0 saturated heterocycles. The van der Waals surface area contributed by atoms with Crippen LogP contribution in [0.1, 0.15) is 10.4 Å². The van der Waals surface area contributed by atoms with Crippen LogP contribution < -0.4 is 11.1 Å². The van der Waals surface area contributed by atoms with Crippen LogP contribution in [0.3, 0.4) is 0 Å². The molecular weight excluding hydrogens is 271 g/mol. The summed E-state index contributed by atoms with van der Waals surface area (Å²) in [5.74, 6) is 0. The number of halogens is 2. The second kappa shape index (κ2) is 5.29. The first-order valence-corrected chi connectivity index (χ1v) is 5.94. The van der Waals surface area contributed by atoms with Crippen LogP contribution in [0.2, 0.25) is 5.02 Å². The lowest BCUT2D eigenvalue weighted by Gasteiger charge is -2.11. The van der Waals surface area contributed by atoms with Crippen LogP contribution in [-0.4, -0.2) is 5.24 Å². The summed E-state index contributed by atoms with van der Waals surface area (Å²) in [6, 6.07) is 12.0. The maximum Gasteiger partial charge on any atom is 0.254 e. The Morgan fingerprint density at radius 2 is 1.83 bits per heavy atom. The molecule has 2 aromatic carbocycles. The number of benzene rings is 2. The molecule has 2 aromatic rings. The zero-order valence-corrected chi connectivity index (χ0v) is 10.8. The molecule has 5 heteroatoms. The molecule has 0 aliphatic carbocycles. The highest BCUT2D eigenvalue weighted by molar-refractivity contribution is 6.68. The van der Waals surface area contributed by atoms with E-state index in [0.29, 0.717) is 27.6 Å². The zero-order valence-electron chi connectivity index (χ0n) is 9.28. The number of carbonyl (C=O) groups is 1. The van der Waals surface area contributed by atoms with Crippen LogP contribution in [0.4, 0.5) is 17.1 Å². The first-order valence-electron chi connectivity index (χ1n) is 5.19. The van der Waals surface area contributed by atoms with Gasteiger partial charge < -0.3 is 11.1 Å². The summed E-state index contributed by atoms with van der Waals surface area (Å²) in [7, 11) is 0. The highest BCUT2D eigenvalue weighted by Gasteiger charge is 2.09. The highest BCUT2D eigenvalue weighted by Crippen LogP contribution is 2.28. The average molecular weight is 281 g/mol. The van der Waals surface area contributed by atoms with Crippen molar-refractivity contribution >= 4 is 45.5 Å². The number of nitrogens with two attached hydrogens (primary N) is 1. The number of anilines is 3. The fraction of sp³-hybridized carbons (Fsp3) is 0. The van der Waals surface area contributed by atoms with E-state index in [1.807, 2.05) is 0 Å². The molecule has 2 rings (SSSR count). The van der Waals surface area contributed by atoms with E-state index in [4.69, 9.17) is 28.9 Å². The number of para-hydroxylation sites is 1. The number of nitrogens with one attached hydrogen (secondary N) is 1. The van der Waals surface area contributed by atoms with Gasteiger partial charge in [-0.1, -0.05) is 23.7 Å². The van der Waals surface area contributed by atoms with Crippen molar-refractivity contribution < 1.29 is 4.79 Å². The van der Waals surface area contributed by atoms with Gasteiger partial charge >= 0.3 is 0 Å². The Balaban J connectivity index is 2.37. The number of hydrogen-bond donors (Lipinski definition) is 2. The average Bonchev–Trinajstić information content (AvgIpc) is 2.33. The zero-order chi connectivity index (χ0) is 13.1. The van der Waals surface area contributed by atoms with Gasteiger partial charge in [-0.2, -0.15) is 0 Å². The molecule has 0 amide bonds. The van der Waals surface area contributed by atoms with E-state index in [-0.39, 0.29) is 0 Å². The van der Waals surface area contributed by atoms with Gasteiger partial charge in [0.05, 0.1) is 22.6 Å². The van der Waals surface area contributed by atoms with Crippen molar-refractivity contribution in [2.45, 2.75) is 0 Å². The first kappa shape index (κ1) is 12.7. The quantitative estimate of drug-likeness (QED) is 0.659. The summed E-state index contributed by atoms with van der Waals surface area (Å²) in [5, 5.41) is 3.09. The van der Waals surface area contributed by atoms with Gasteiger partial charge in [-0.05, 0) is 41.9 Å². The van der Waals surface area contributed by atoms with Crippen molar-refractivity contribution in [3.63, 3.8) is 0 Å². The summed E-state index contributed by atoms with van der Waals surface area (Å²) >= 11 is 11.3. The van der Waals surface area contributed by atoms with Gasteiger partial charge in [0.2, 0.25) is 0 Å². The second-order valence-corrected chi connectivity index (χ2v) is 4.46. The van der Waals surface area contributed by atoms with E-state index in [0.717, 1.165) is 0 Å². The van der Waals surface area contributed by atoms with Crippen molar-refractivity contribution in [2.24, 2.45) is 0 Å². The van der Waals surface area contributed by atoms with E-state index in [2.05, 4.69) is 5.32 Å². The van der Waals surface area contributed by atoms with Crippen molar-refractivity contribution in [3.05, 3.63) is 53.1 Å². The van der Waals surface area contributed by atoms with Gasteiger partial charge in [0.15, 0.2) is 0 Å². The molecule has 3 N–H and O–H groups in total. The normalized spacial score (nSPS) is 10.1. The fourth-order valence-electron chi connectivity index (χ4n) is 1.56. The molecule has 0 bridgehead atoms. The van der Waals surface area contributed by atoms with Crippen molar-refractivity contribution in [1.82, 2.24) is 0 Å². The summed E-state index contributed by atoms with van der Waals surface area (Å²) < 4.78 is 0. The third-order valence-corrected chi connectivity index (χ3v) is 2.86. The second-order valence-electron chi connectivity index (χ2n) is 3.68. The largest absolute Gasteiger partial charge is 0.397 e. The smallest absolute Gasteiger partial charge is 0.254 e. The van der Waals surface area contributed by atoms with Crippen LogP contribution in [0.25, 0.3) is 0 Å². The van der Waals surface area contributed by atoms with E-state index in [9.17, 15) is 4.79 Å². The summed E-state index contributed by atoms with van der Waals surface area (Å²) in [6.07, 6.45) is 0. The Bertz CT molecular complexity index is 599. The number of hydrogen-bond acceptors (Lipinski definition) is 3. The molecule has 0 heterocycles. The molecule has 92 valence electrons. The number of carbonyl (C=O) groups excluding carboxylic acids is 1. The van der Waals surface area contributed by atoms with E-state index >= 15 is 0 Å². The number of nitrogen functional groups attached to an aromatic ring is 1. The van der Waals surface area contributed by atoms with Gasteiger partial charge in [-0.15, -0.1) is 0 Å². The third kappa shape index (κ3) is 2.75. The predicted molar refractivity (Wildman–Crippen MR) is 75.8 cm³/mol. The van der Waals surface area contributed by atoms with Gasteiger partial charge in [0, 0.05) is 5.02 Å². The van der Waals surface area contributed by atoms with Crippen LogP contribution in [0, 0.1) is 0 Å². The summed E-state index contributed by atoms with van der Waals surface area (Å²) in [5.41, 5.74) is 8.00. The Kier molecular flexibility index (Phi) is 3.75. The fourth-order valence-corrected chi connectivity index (χ4v) is 1.90. The van der Waals surface area contributed by atoms with Crippen molar-refractivity contribution in [1.29, 1.82) is 0 Å². The van der Waals surface area contributed by atoms with Gasteiger partial charge in [0.1, 0.15) is 0 Å². The molecular formula is C13H10Cl2N2O. The molecule has 0 fully saturated rings. The molecule has 0 radical (unpaired) electrons. The molecule has 0 aliphatic rings. The Labute approximate surface area is 115 Å². The van der Waals surface area contributed by atoms with E-state index in [1.165, 1.54) is 0 Å². The minimum absolute atomic E-state index is 0.397. The van der Waals surface area contributed by atoms with Gasteiger partial charge in [-0.25, -0.2) is 0 Å². The third-order valence-electron chi connectivity index (χ3n) is 2.42. The minimum Gasteiger partial charge on any atom is -0.397 e. The van der Waals surface area contributed by atoms with Crippen LogP contribution in [-0.2, 0) is 0 Å². The Morgan fingerprint density at radius 1 is 1.11 bits per heavy atom. The predicted octanol–water partition coefficient (Wildman–Crippen LogP) is 4.04. The molecule has 0 atom stereocenters. The molecule has 3 nitrogen and oxygen atoms in total. The molecule has 0 saturated carbocycles. The maximum atomic E-state index is 11.3. The lowest BCUT2D eigenvalue weighted by molar-refractivity contribution is 0.108. The molecule has 0 spiro atoms. The monoisotopic (exact) mass is 280 g/mol. The topological polar surface area (TPSA) is 55.1 Å². The van der Waals surface area contributed by atoms with Gasteiger partial charge in [-0.3, -0.25) is 4.79 Å². The lowest BCUT2D eigenvalue weighted by atomic mass is 10.2. The highest BCUT2D eigenvalue weighted by atomic mass is 35.5. The lowest BCUT2D eigenvalue weighted by Crippen LogP contribution is -2.00. The first-order chi connectivity index (χ1) is 8.58. The standard InChI is InChI=1S/C13H10Cl2N2O/c14-8-5-6-12(10(16)7-8)17-11-4-2-1-3-9(11)13(15)18/h1-7,17H,16H2. The SMILES string of the molecule is Nc1cc(Cl)ccc1Nc1ccccc1C(=O)Cl. The minimum atomic E-state index is -0.523. The molecule has 0 aliphatic heterocycles. The van der Waals surface area contributed by atoms with E-state index < -0.39 is 5.24 Å². The van der Waals surface area contributed by atoms with Crippen molar-refractivity contribution in [3.8, 4) is 0 Å². The van der Waals surface area contributed by atoms with Gasteiger partial charge in [0.25, 0.3) is 5.24 Å². The number of rotatable bonds is 3. The van der Waals surface area contributed by atoms with Crippen LogP contribution in [0.5, 0.6) is 0 Å².